The normalized spacial score (nSPS) is 11.9. The van der Waals surface area contributed by atoms with Gasteiger partial charge in [-0.15, -0.1) is 0 Å². The molecule has 158 valence electrons. The van der Waals surface area contributed by atoms with E-state index < -0.39 is 14.9 Å². The van der Waals surface area contributed by atoms with Crippen LogP contribution in [0.25, 0.3) is 0 Å². The van der Waals surface area contributed by atoms with Gasteiger partial charge in [-0.25, -0.2) is 8.42 Å². The molecule has 0 atom stereocenters. The summed E-state index contributed by atoms with van der Waals surface area (Å²) in [4.78, 5) is 22.4. The first-order valence-electron chi connectivity index (χ1n) is 8.94. The van der Waals surface area contributed by atoms with Gasteiger partial charge >= 0.3 is 0 Å². The number of benzene rings is 1. The second-order valence-corrected chi connectivity index (χ2v) is 11.3. The number of nitro benzene ring substituents is 1. The molecule has 1 aromatic carbocycles. The van der Waals surface area contributed by atoms with Crippen LogP contribution in [0.3, 0.4) is 0 Å². The fourth-order valence-corrected chi connectivity index (χ4v) is 4.30. The molecule has 0 bridgehead atoms. The second kappa shape index (κ2) is 10.1. The van der Waals surface area contributed by atoms with E-state index in [1.54, 1.807) is 18.7 Å². The molecule has 0 aliphatic carbocycles. The Labute approximate surface area is 171 Å². The SMILES string of the molecule is Cc1ccc([N+](=O)[O-])cc1N(CCCC(=O)NCCSC(C)(C)C)S(C)(=O)=O. The predicted molar refractivity (Wildman–Crippen MR) is 114 cm³/mol. The van der Waals surface area contributed by atoms with E-state index in [9.17, 15) is 23.3 Å². The molecule has 28 heavy (non-hydrogen) atoms. The van der Waals surface area contributed by atoms with Crippen molar-refractivity contribution in [2.24, 2.45) is 0 Å². The van der Waals surface area contributed by atoms with Gasteiger partial charge in [0.15, 0.2) is 0 Å². The molecule has 0 aliphatic heterocycles. The number of aryl methyl sites for hydroxylation is 1. The molecule has 0 saturated heterocycles. The van der Waals surface area contributed by atoms with Crippen molar-refractivity contribution in [2.75, 3.05) is 29.4 Å². The Balaban J connectivity index is 2.69. The molecule has 0 aromatic heterocycles. The Morgan fingerprint density at radius 2 is 1.96 bits per heavy atom. The molecule has 0 fully saturated rings. The lowest BCUT2D eigenvalue weighted by atomic mass is 10.1. The molecular formula is C18H29N3O5S2. The first-order chi connectivity index (χ1) is 12.8. The van der Waals surface area contributed by atoms with Crippen LogP contribution in [0.1, 0.15) is 39.2 Å². The smallest absolute Gasteiger partial charge is 0.271 e. The zero-order chi connectivity index (χ0) is 21.5. The molecule has 1 amide bonds. The quantitative estimate of drug-likeness (QED) is 0.346. The molecule has 1 aromatic rings. The van der Waals surface area contributed by atoms with Crippen LogP contribution in [-0.2, 0) is 14.8 Å². The zero-order valence-corrected chi connectivity index (χ0v) is 18.7. The monoisotopic (exact) mass is 431 g/mol. The van der Waals surface area contributed by atoms with Gasteiger partial charge in [-0.1, -0.05) is 26.8 Å². The van der Waals surface area contributed by atoms with Crippen LogP contribution in [0.2, 0.25) is 0 Å². The van der Waals surface area contributed by atoms with E-state index >= 15 is 0 Å². The van der Waals surface area contributed by atoms with Gasteiger partial charge in [-0.05, 0) is 18.9 Å². The summed E-state index contributed by atoms with van der Waals surface area (Å²) in [6, 6.07) is 4.10. The highest BCUT2D eigenvalue weighted by molar-refractivity contribution is 8.00. The maximum Gasteiger partial charge on any atom is 0.271 e. The van der Waals surface area contributed by atoms with Crippen LogP contribution in [-0.4, -0.2) is 49.1 Å². The lowest BCUT2D eigenvalue weighted by molar-refractivity contribution is -0.384. The minimum atomic E-state index is -3.64. The van der Waals surface area contributed by atoms with Crippen molar-refractivity contribution in [3.63, 3.8) is 0 Å². The van der Waals surface area contributed by atoms with E-state index in [1.165, 1.54) is 18.2 Å². The third kappa shape index (κ3) is 8.47. The van der Waals surface area contributed by atoms with Crippen LogP contribution in [0.4, 0.5) is 11.4 Å². The molecule has 1 N–H and O–H groups in total. The molecule has 0 radical (unpaired) electrons. The predicted octanol–water partition coefficient (Wildman–Crippen LogP) is 3.10. The average Bonchev–Trinajstić information content (AvgIpc) is 2.54. The van der Waals surface area contributed by atoms with Crippen molar-refractivity contribution in [3.8, 4) is 0 Å². The van der Waals surface area contributed by atoms with Gasteiger partial charge in [0.05, 0.1) is 16.9 Å². The van der Waals surface area contributed by atoms with Gasteiger partial charge in [0.25, 0.3) is 5.69 Å². The van der Waals surface area contributed by atoms with Gasteiger partial charge < -0.3 is 5.32 Å². The van der Waals surface area contributed by atoms with Gasteiger partial charge in [-0.2, -0.15) is 11.8 Å². The van der Waals surface area contributed by atoms with Gasteiger partial charge in [0, 0.05) is 42.1 Å². The van der Waals surface area contributed by atoms with Crippen LogP contribution < -0.4 is 9.62 Å². The van der Waals surface area contributed by atoms with Crippen molar-refractivity contribution in [1.29, 1.82) is 0 Å². The molecule has 10 heteroatoms. The highest BCUT2D eigenvalue weighted by atomic mass is 32.2. The highest BCUT2D eigenvalue weighted by Crippen LogP contribution is 2.27. The number of carbonyl (C=O) groups excluding carboxylic acids is 1. The number of thioether (sulfide) groups is 1. The Morgan fingerprint density at radius 3 is 2.50 bits per heavy atom. The molecule has 0 heterocycles. The van der Waals surface area contributed by atoms with Crippen LogP contribution in [0.15, 0.2) is 18.2 Å². The number of anilines is 1. The molecule has 0 unspecified atom stereocenters. The molecule has 0 spiro atoms. The first-order valence-corrected chi connectivity index (χ1v) is 11.8. The number of sulfonamides is 1. The molecule has 0 aliphatic rings. The summed E-state index contributed by atoms with van der Waals surface area (Å²) in [5.41, 5.74) is 0.696. The number of amides is 1. The lowest BCUT2D eigenvalue weighted by Gasteiger charge is -2.24. The van der Waals surface area contributed by atoms with E-state index in [1.807, 2.05) is 0 Å². The maximum absolute atomic E-state index is 12.2. The third-order valence-corrected chi connectivity index (χ3v) is 6.25. The highest BCUT2D eigenvalue weighted by Gasteiger charge is 2.22. The van der Waals surface area contributed by atoms with E-state index in [0.29, 0.717) is 18.5 Å². The van der Waals surface area contributed by atoms with Crippen molar-refractivity contribution >= 4 is 39.1 Å². The average molecular weight is 432 g/mol. The van der Waals surface area contributed by atoms with Crippen molar-refractivity contribution < 1.29 is 18.1 Å². The Kier molecular flexibility index (Phi) is 8.75. The lowest BCUT2D eigenvalue weighted by Crippen LogP contribution is -2.33. The van der Waals surface area contributed by atoms with Crippen LogP contribution in [0.5, 0.6) is 0 Å². The minimum absolute atomic E-state index is 0.0744. The summed E-state index contributed by atoms with van der Waals surface area (Å²) in [5, 5.41) is 13.8. The van der Waals surface area contributed by atoms with E-state index in [4.69, 9.17) is 0 Å². The van der Waals surface area contributed by atoms with E-state index in [0.717, 1.165) is 16.3 Å². The van der Waals surface area contributed by atoms with Crippen molar-refractivity contribution in [3.05, 3.63) is 33.9 Å². The number of hydrogen-bond acceptors (Lipinski definition) is 6. The Morgan fingerprint density at radius 1 is 1.32 bits per heavy atom. The molecular weight excluding hydrogens is 402 g/mol. The fourth-order valence-electron chi connectivity index (χ4n) is 2.46. The van der Waals surface area contributed by atoms with Crippen LogP contribution >= 0.6 is 11.8 Å². The topological polar surface area (TPSA) is 110 Å². The number of non-ortho nitro benzene ring substituents is 1. The Bertz CT molecular complexity index is 804. The van der Waals surface area contributed by atoms with Crippen LogP contribution in [0, 0.1) is 17.0 Å². The minimum Gasteiger partial charge on any atom is -0.355 e. The number of nitro groups is 1. The van der Waals surface area contributed by atoms with Gasteiger partial charge in [-0.3, -0.25) is 19.2 Å². The molecule has 0 saturated carbocycles. The van der Waals surface area contributed by atoms with Crippen molar-refractivity contribution in [2.45, 2.75) is 45.3 Å². The van der Waals surface area contributed by atoms with E-state index in [-0.39, 0.29) is 35.0 Å². The fraction of sp³-hybridized carbons (Fsp3) is 0.611. The number of rotatable bonds is 10. The summed E-state index contributed by atoms with van der Waals surface area (Å²) in [6.07, 6.45) is 1.54. The largest absolute Gasteiger partial charge is 0.355 e. The van der Waals surface area contributed by atoms with Gasteiger partial charge in [0.2, 0.25) is 15.9 Å². The third-order valence-electron chi connectivity index (χ3n) is 3.80. The Hall–Kier alpha value is -1.81. The van der Waals surface area contributed by atoms with Gasteiger partial charge in [0.1, 0.15) is 0 Å². The second-order valence-electron chi connectivity index (χ2n) is 7.48. The maximum atomic E-state index is 12.2. The molecule has 8 nitrogen and oxygen atoms in total. The summed E-state index contributed by atoms with van der Waals surface area (Å²) in [7, 11) is -3.64. The summed E-state index contributed by atoms with van der Waals surface area (Å²) >= 11 is 1.75. The summed E-state index contributed by atoms with van der Waals surface area (Å²) in [5.74, 6) is 0.663. The number of carbonyl (C=O) groups is 1. The summed E-state index contributed by atoms with van der Waals surface area (Å²) in [6.45, 7) is 8.64. The van der Waals surface area contributed by atoms with E-state index in [2.05, 4.69) is 26.1 Å². The summed E-state index contributed by atoms with van der Waals surface area (Å²) < 4.78 is 25.7. The zero-order valence-electron chi connectivity index (χ0n) is 17.0. The number of hydrogen-bond donors (Lipinski definition) is 1. The molecule has 1 rings (SSSR count). The first kappa shape index (κ1) is 24.2. The number of nitrogens with zero attached hydrogens (tertiary/aromatic N) is 2. The number of nitrogens with one attached hydrogen (secondary N) is 1. The van der Waals surface area contributed by atoms with Crippen molar-refractivity contribution in [1.82, 2.24) is 5.32 Å². The standard InChI is InChI=1S/C18H29N3O5S2/c1-14-8-9-15(21(23)24)13-16(14)20(28(5,25)26)11-6-7-17(22)19-10-12-27-18(2,3)4/h8-9,13H,6-7,10-12H2,1-5H3,(H,19,22).